The summed E-state index contributed by atoms with van der Waals surface area (Å²) in [7, 11) is 4.83. The summed E-state index contributed by atoms with van der Waals surface area (Å²) >= 11 is 0. The first-order valence-electron chi connectivity index (χ1n) is 10.7. The Balaban J connectivity index is 0.00000480. The molecule has 1 aromatic rings. The summed E-state index contributed by atoms with van der Waals surface area (Å²) in [6, 6.07) is 3.81. The van der Waals surface area contributed by atoms with Crippen LogP contribution in [0, 0.1) is 5.92 Å². The van der Waals surface area contributed by atoms with Crippen LogP contribution in [-0.4, -0.2) is 66.8 Å². The van der Waals surface area contributed by atoms with Crippen molar-refractivity contribution in [3.05, 3.63) is 17.7 Å². The Labute approximate surface area is 203 Å². The van der Waals surface area contributed by atoms with Crippen LogP contribution in [0.2, 0.25) is 0 Å². The molecule has 0 saturated carbocycles. The van der Waals surface area contributed by atoms with Gasteiger partial charge in [-0.2, -0.15) is 0 Å². The van der Waals surface area contributed by atoms with Gasteiger partial charge in [0.2, 0.25) is 5.75 Å². The quantitative estimate of drug-likeness (QED) is 0.179. The normalized spacial score (nSPS) is 14.5. The molecule has 1 aliphatic rings. The Morgan fingerprint density at radius 2 is 1.81 bits per heavy atom. The van der Waals surface area contributed by atoms with Crippen LogP contribution >= 0.6 is 24.0 Å². The maximum absolute atomic E-state index is 5.82. The molecule has 178 valence electrons. The van der Waals surface area contributed by atoms with Crippen LogP contribution in [0.25, 0.3) is 0 Å². The van der Waals surface area contributed by atoms with E-state index >= 15 is 0 Å². The Morgan fingerprint density at radius 3 is 2.45 bits per heavy atom. The molecule has 2 rings (SSSR count). The Kier molecular flexibility index (Phi) is 14.4. The number of nitrogens with one attached hydrogen (secondary N) is 2. The second-order valence-corrected chi connectivity index (χ2v) is 7.10. The molecule has 0 amide bonds. The summed E-state index contributed by atoms with van der Waals surface area (Å²) in [6.07, 6.45) is 3.14. The van der Waals surface area contributed by atoms with Crippen molar-refractivity contribution in [1.82, 2.24) is 10.6 Å². The van der Waals surface area contributed by atoms with E-state index in [0.29, 0.717) is 29.7 Å². The van der Waals surface area contributed by atoms with Gasteiger partial charge >= 0.3 is 0 Å². The number of hydrogen-bond acceptors (Lipinski definition) is 6. The van der Waals surface area contributed by atoms with Crippen molar-refractivity contribution < 1.29 is 23.7 Å². The van der Waals surface area contributed by atoms with Crippen LogP contribution in [0.1, 0.15) is 31.7 Å². The molecule has 0 bridgehead atoms. The molecule has 9 heteroatoms. The summed E-state index contributed by atoms with van der Waals surface area (Å²) in [5.41, 5.74) is 0.923. The molecule has 31 heavy (non-hydrogen) atoms. The zero-order valence-corrected chi connectivity index (χ0v) is 21.5. The standard InChI is InChI=1S/C22H37N3O5.HI/c1-5-23-22(24-11-6-12-30-16-17-9-13-29-14-10-17)25-15-18-7-8-19(26-2)21(28-4)20(18)27-3;/h7-8,17H,5-6,9-16H2,1-4H3,(H2,23,24,25);1H. The van der Waals surface area contributed by atoms with E-state index in [1.165, 1.54) is 0 Å². The van der Waals surface area contributed by atoms with Crippen molar-refractivity contribution in [2.75, 3.05) is 60.8 Å². The zero-order chi connectivity index (χ0) is 21.6. The molecule has 0 aliphatic carbocycles. The molecule has 0 aromatic heterocycles. The molecule has 1 saturated heterocycles. The largest absolute Gasteiger partial charge is 0.493 e. The van der Waals surface area contributed by atoms with Crippen molar-refractivity contribution in [1.29, 1.82) is 0 Å². The van der Waals surface area contributed by atoms with E-state index in [1.807, 2.05) is 19.1 Å². The summed E-state index contributed by atoms with van der Waals surface area (Å²) in [5, 5.41) is 6.63. The van der Waals surface area contributed by atoms with E-state index in [2.05, 4.69) is 15.6 Å². The van der Waals surface area contributed by atoms with Gasteiger partial charge in [0.15, 0.2) is 17.5 Å². The SMILES string of the molecule is CCNC(=NCc1ccc(OC)c(OC)c1OC)NCCCOCC1CCOCC1.I. The third-order valence-electron chi connectivity index (χ3n) is 4.99. The maximum atomic E-state index is 5.82. The molecule has 8 nitrogen and oxygen atoms in total. The molecule has 0 atom stereocenters. The molecular formula is C22H38IN3O5. The van der Waals surface area contributed by atoms with Crippen LogP contribution < -0.4 is 24.8 Å². The van der Waals surface area contributed by atoms with Gasteiger partial charge in [0.05, 0.1) is 27.9 Å². The van der Waals surface area contributed by atoms with Gasteiger partial charge in [-0.05, 0) is 44.2 Å². The molecule has 0 spiro atoms. The van der Waals surface area contributed by atoms with Crippen molar-refractivity contribution >= 4 is 29.9 Å². The third kappa shape index (κ3) is 9.28. The Bertz CT molecular complexity index is 654. The monoisotopic (exact) mass is 551 g/mol. The van der Waals surface area contributed by atoms with Gasteiger partial charge in [-0.25, -0.2) is 4.99 Å². The highest BCUT2D eigenvalue weighted by Crippen LogP contribution is 2.39. The highest BCUT2D eigenvalue weighted by molar-refractivity contribution is 14.0. The fraction of sp³-hybridized carbons (Fsp3) is 0.682. The van der Waals surface area contributed by atoms with Gasteiger partial charge in [-0.3, -0.25) is 0 Å². The van der Waals surface area contributed by atoms with Crippen LogP contribution in [0.5, 0.6) is 17.2 Å². The van der Waals surface area contributed by atoms with E-state index in [0.717, 1.165) is 70.3 Å². The molecule has 0 unspecified atom stereocenters. The second-order valence-electron chi connectivity index (χ2n) is 7.10. The highest BCUT2D eigenvalue weighted by Gasteiger charge is 2.16. The maximum Gasteiger partial charge on any atom is 0.203 e. The Morgan fingerprint density at radius 1 is 1.06 bits per heavy atom. The molecule has 1 aromatic carbocycles. The number of aliphatic imine (C=N–C) groups is 1. The minimum absolute atomic E-state index is 0. The van der Waals surface area contributed by atoms with Crippen molar-refractivity contribution in [2.45, 2.75) is 32.7 Å². The van der Waals surface area contributed by atoms with Crippen LogP contribution in [-0.2, 0) is 16.0 Å². The van der Waals surface area contributed by atoms with E-state index in [9.17, 15) is 0 Å². The molecule has 1 aliphatic heterocycles. The second kappa shape index (κ2) is 16.2. The molecule has 2 N–H and O–H groups in total. The number of hydrogen-bond donors (Lipinski definition) is 2. The first-order chi connectivity index (χ1) is 14.7. The average molecular weight is 551 g/mol. The zero-order valence-electron chi connectivity index (χ0n) is 19.2. The third-order valence-corrected chi connectivity index (χ3v) is 4.99. The smallest absolute Gasteiger partial charge is 0.203 e. The minimum Gasteiger partial charge on any atom is -0.493 e. The fourth-order valence-corrected chi connectivity index (χ4v) is 3.34. The molecular weight excluding hydrogens is 513 g/mol. The highest BCUT2D eigenvalue weighted by atomic mass is 127. The van der Waals surface area contributed by atoms with Gasteiger partial charge in [-0.1, -0.05) is 0 Å². The van der Waals surface area contributed by atoms with Crippen LogP contribution in [0.3, 0.4) is 0 Å². The number of methoxy groups -OCH3 is 3. The summed E-state index contributed by atoms with van der Waals surface area (Å²) in [6.45, 7) is 7.39. The van der Waals surface area contributed by atoms with Crippen molar-refractivity contribution in [2.24, 2.45) is 10.9 Å². The fourth-order valence-electron chi connectivity index (χ4n) is 3.34. The van der Waals surface area contributed by atoms with E-state index in [-0.39, 0.29) is 24.0 Å². The van der Waals surface area contributed by atoms with E-state index < -0.39 is 0 Å². The lowest BCUT2D eigenvalue weighted by Crippen LogP contribution is -2.38. The van der Waals surface area contributed by atoms with Gasteiger partial charge < -0.3 is 34.3 Å². The number of guanidine groups is 1. The first kappa shape index (κ1) is 27.6. The summed E-state index contributed by atoms with van der Waals surface area (Å²) in [5.74, 6) is 3.25. The lowest BCUT2D eigenvalue weighted by Gasteiger charge is -2.21. The average Bonchev–Trinajstić information content (AvgIpc) is 2.79. The number of ether oxygens (including phenoxy) is 5. The summed E-state index contributed by atoms with van der Waals surface area (Å²) < 4.78 is 27.5. The van der Waals surface area contributed by atoms with E-state index in [1.54, 1.807) is 21.3 Å². The van der Waals surface area contributed by atoms with Gasteiger partial charge in [-0.15, -0.1) is 24.0 Å². The van der Waals surface area contributed by atoms with E-state index in [4.69, 9.17) is 23.7 Å². The van der Waals surface area contributed by atoms with Crippen LogP contribution in [0.15, 0.2) is 17.1 Å². The number of nitrogens with zero attached hydrogens (tertiary/aromatic N) is 1. The number of rotatable bonds is 12. The van der Waals surface area contributed by atoms with Crippen molar-refractivity contribution in [3.8, 4) is 17.2 Å². The molecule has 0 radical (unpaired) electrons. The topological polar surface area (TPSA) is 82.6 Å². The van der Waals surface area contributed by atoms with Gasteiger partial charge in [0.1, 0.15) is 0 Å². The van der Waals surface area contributed by atoms with Crippen molar-refractivity contribution in [3.63, 3.8) is 0 Å². The lowest BCUT2D eigenvalue weighted by molar-refractivity contribution is 0.0203. The lowest BCUT2D eigenvalue weighted by atomic mass is 10.0. The minimum atomic E-state index is 0. The summed E-state index contributed by atoms with van der Waals surface area (Å²) in [4.78, 5) is 4.68. The van der Waals surface area contributed by atoms with Gasteiger partial charge in [0, 0.05) is 45.1 Å². The number of halogens is 1. The number of benzene rings is 1. The van der Waals surface area contributed by atoms with Gasteiger partial charge in [0.25, 0.3) is 0 Å². The molecule has 1 heterocycles. The van der Waals surface area contributed by atoms with Crippen LogP contribution in [0.4, 0.5) is 0 Å². The first-order valence-corrected chi connectivity index (χ1v) is 10.7. The Hall–Kier alpha value is -1.46. The predicted octanol–water partition coefficient (Wildman–Crippen LogP) is 3.22. The predicted molar refractivity (Wildman–Crippen MR) is 133 cm³/mol. The molecule has 1 fully saturated rings.